The molecule has 0 aliphatic rings. The molecule has 0 aliphatic carbocycles. The van der Waals surface area contributed by atoms with Gasteiger partial charge in [-0.3, -0.25) is 0 Å². The van der Waals surface area contributed by atoms with Crippen molar-refractivity contribution >= 4 is 28.3 Å². The van der Waals surface area contributed by atoms with Gasteiger partial charge in [-0.15, -0.1) is 11.3 Å². The van der Waals surface area contributed by atoms with Crippen LogP contribution in [0.5, 0.6) is 5.75 Å². The zero-order valence-corrected chi connectivity index (χ0v) is 13.1. The molecule has 4 nitrogen and oxygen atoms in total. The lowest BCUT2D eigenvalue weighted by molar-refractivity contribution is 0.245. The van der Waals surface area contributed by atoms with Crippen molar-refractivity contribution in [3.05, 3.63) is 40.6 Å². The van der Waals surface area contributed by atoms with E-state index < -0.39 is 0 Å². The number of imidazole rings is 1. The standard InChI is InChI=1S/C16H19N3OS/c1-11(2)20-14-7-3-6-13-15(14)18-16(17)19(13)9-8-12-5-4-10-21-12/h3-7,10-11H,8-9H2,1-2H3,(H2,17,18). The summed E-state index contributed by atoms with van der Waals surface area (Å²) in [4.78, 5) is 5.84. The lowest BCUT2D eigenvalue weighted by Crippen LogP contribution is -2.06. The Hall–Kier alpha value is -2.01. The van der Waals surface area contributed by atoms with Crippen molar-refractivity contribution in [2.75, 3.05) is 5.73 Å². The van der Waals surface area contributed by atoms with Crippen LogP contribution in [0.4, 0.5) is 5.95 Å². The summed E-state index contributed by atoms with van der Waals surface area (Å²) >= 11 is 1.77. The minimum absolute atomic E-state index is 0.119. The summed E-state index contributed by atoms with van der Waals surface area (Å²) in [6, 6.07) is 10.2. The quantitative estimate of drug-likeness (QED) is 0.781. The number of hydrogen-bond donors (Lipinski definition) is 1. The van der Waals surface area contributed by atoms with E-state index >= 15 is 0 Å². The van der Waals surface area contributed by atoms with Crippen molar-refractivity contribution < 1.29 is 4.74 Å². The minimum Gasteiger partial charge on any atom is -0.489 e. The summed E-state index contributed by atoms with van der Waals surface area (Å²) in [6.45, 7) is 4.85. The Bertz CT molecular complexity index is 731. The van der Waals surface area contributed by atoms with Gasteiger partial charge in [-0.05, 0) is 43.8 Å². The molecule has 0 amide bonds. The van der Waals surface area contributed by atoms with E-state index in [1.165, 1.54) is 4.88 Å². The Morgan fingerprint density at radius 1 is 1.29 bits per heavy atom. The number of nitrogen functional groups attached to an aromatic ring is 1. The number of rotatable bonds is 5. The highest BCUT2D eigenvalue weighted by atomic mass is 32.1. The molecule has 0 saturated carbocycles. The molecule has 0 radical (unpaired) electrons. The van der Waals surface area contributed by atoms with Crippen LogP contribution < -0.4 is 10.5 Å². The highest BCUT2D eigenvalue weighted by Crippen LogP contribution is 2.28. The van der Waals surface area contributed by atoms with Crippen LogP contribution >= 0.6 is 11.3 Å². The molecule has 1 aromatic carbocycles. The first kappa shape index (κ1) is 13.9. The number of aryl methyl sites for hydroxylation is 2. The van der Waals surface area contributed by atoms with Crippen LogP contribution in [0.1, 0.15) is 18.7 Å². The molecule has 2 aromatic heterocycles. The largest absolute Gasteiger partial charge is 0.489 e. The monoisotopic (exact) mass is 301 g/mol. The summed E-state index contributed by atoms with van der Waals surface area (Å²) < 4.78 is 7.87. The number of nitrogens with two attached hydrogens (primary N) is 1. The maximum atomic E-state index is 6.09. The topological polar surface area (TPSA) is 53.1 Å². The van der Waals surface area contributed by atoms with Gasteiger partial charge in [0.15, 0.2) is 0 Å². The van der Waals surface area contributed by atoms with Crippen LogP contribution in [0.3, 0.4) is 0 Å². The fraction of sp³-hybridized carbons (Fsp3) is 0.312. The van der Waals surface area contributed by atoms with Gasteiger partial charge in [-0.25, -0.2) is 4.98 Å². The van der Waals surface area contributed by atoms with Gasteiger partial charge in [0.25, 0.3) is 0 Å². The van der Waals surface area contributed by atoms with E-state index in [4.69, 9.17) is 10.5 Å². The van der Waals surface area contributed by atoms with Crippen molar-refractivity contribution in [1.82, 2.24) is 9.55 Å². The summed E-state index contributed by atoms with van der Waals surface area (Å²) in [5.41, 5.74) is 7.96. The van der Waals surface area contributed by atoms with E-state index in [0.29, 0.717) is 5.95 Å². The normalized spacial score (nSPS) is 11.4. The second-order valence-electron chi connectivity index (χ2n) is 5.24. The van der Waals surface area contributed by atoms with Gasteiger partial charge in [0.2, 0.25) is 5.95 Å². The highest BCUT2D eigenvalue weighted by molar-refractivity contribution is 7.09. The molecule has 21 heavy (non-hydrogen) atoms. The molecule has 2 heterocycles. The number of aromatic nitrogens is 2. The van der Waals surface area contributed by atoms with E-state index in [0.717, 1.165) is 29.7 Å². The van der Waals surface area contributed by atoms with E-state index in [9.17, 15) is 0 Å². The lowest BCUT2D eigenvalue weighted by Gasteiger charge is -2.10. The average Bonchev–Trinajstić information content (AvgIpc) is 3.04. The number of hydrogen-bond acceptors (Lipinski definition) is 4. The van der Waals surface area contributed by atoms with Crippen molar-refractivity contribution in [3.63, 3.8) is 0 Å². The Labute approximate surface area is 128 Å². The van der Waals surface area contributed by atoms with Gasteiger partial charge in [0, 0.05) is 11.4 Å². The highest BCUT2D eigenvalue weighted by Gasteiger charge is 2.13. The molecule has 0 fully saturated rings. The van der Waals surface area contributed by atoms with Crippen LogP contribution in [-0.4, -0.2) is 15.7 Å². The van der Waals surface area contributed by atoms with Crippen LogP contribution in [0, 0.1) is 0 Å². The average molecular weight is 301 g/mol. The van der Waals surface area contributed by atoms with E-state index in [-0.39, 0.29) is 6.10 Å². The third kappa shape index (κ3) is 2.88. The molecule has 2 N–H and O–H groups in total. The SMILES string of the molecule is CC(C)Oc1cccc2c1nc(N)n2CCc1cccs1. The first-order valence-corrected chi connectivity index (χ1v) is 7.97. The maximum absolute atomic E-state index is 6.09. The Kier molecular flexibility index (Phi) is 3.84. The second-order valence-corrected chi connectivity index (χ2v) is 6.27. The maximum Gasteiger partial charge on any atom is 0.201 e. The molecule has 0 unspecified atom stereocenters. The fourth-order valence-corrected chi connectivity index (χ4v) is 3.10. The Balaban J connectivity index is 1.93. The van der Waals surface area contributed by atoms with Crippen LogP contribution in [0.15, 0.2) is 35.7 Å². The van der Waals surface area contributed by atoms with Gasteiger partial charge in [-0.2, -0.15) is 0 Å². The van der Waals surface area contributed by atoms with Crippen molar-refractivity contribution in [3.8, 4) is 5.75 Å². The zero-order chi connectivity index (χ0) is 14.8. The smallest absolute Gasteiger partial charge is 0.201 e. The van der Waals surface area contributed by atoms with Crippen LogP contribution in [-0.2, 0) is 13.0 Å². The third-order valence-electron chi connectivity index (χ3n) is 3.30. The van der Waals surface area contributed by atoms with Gasteiger partial charge < -0.3 is 15.0 Å². The summed E-state index contributed by atoms with van der Waals surface area (Å²) in [5, 5.41) is 2.10. The van der Waals surface area contributed by atoms with Crippen LogP contribution in [0.2, 0.25) is 0 Å². The van der Waals surface area contributed by atoms with E-state index in [2.05, 4.69) is 27.1 Å². The fourth-order valence-electron chi connectivity index (χ4n) is 2.40. The van der Waals surface area contributed by atoms with Crippen molar-refractivity contribution in [2.45, 2.75) is 32.9 Å². The Morgan fingerprint density at radius 3 is 2.86 bits per heavy atom. The first-order chi connectivity index (χ1) is 10.1. The predicted molar refractivity (Wildman–Crippen MR) is 87.9 cm³/mol. The van der Waals surface area contributed by atoms with Crippen molar-refractivity contribution in [2.24, 2.45) is 0 Å². The lowest BCUT2D eigenvalue weighted by atomic mass is 10.2. The number of thiophene rings is 1. The summed E-state index contributed by atoms with van der Waals surface area (Å²) in [6.07, 6.45) is 1.08. The molecule has 0 bridgehead atoms. The molecular formula is C16H19N3OS. The number of benzene rings is 1. The molecule has 3 rings (SSSR count). The van der Waals surface area contributed by atoms with Gasteiger partial charge in [-0.1, -0.05) is 12.1 Å². The van der Waals surface area contributed by atoms with E-state index in [1.54, 1.807) is 11.3 Å². The summed E-state index contributed by atoms with van der Waals surface area (Å²) in [7, 11) is 0. The zero-order valence-electron chi connectivity index (χ0n) is 12.2. The van der Waals surface area contributed by atoms with Gasteiger partial charge in [0.05, 0.1) is 11.6 Å². The molecule has 110 valence electrons. The number of anilines is 1. The molecule has 0 atom stereocenters. The molecule has 5 heteroatoms. The number of nitrogens with zero attached hydrogens (tertiary/aromatic N) is 2. The second kappa shape index (κ2) is 5.77. The number of para-hydroxylation sites is 1. The first-order valence-electron chi connectivity index (χ1n) is 7.09. The minimum atomic E-state index is 0.119. The number of fused-ring (bicyclic) bond motifs is 1. The molecule has 3 aromatic rings. The van der Waals surface area contributed by atoms with E-state index in [1.807, 2.05) is 32.0 Å². The number of ether oxygens (including phenoxy) is 1. The van der Waals surface area contributed by atoms with Gasteiger partial charge in [0.1, 0.15) is 11.3 Å². The molecular weight excluding hydrogens is 282 g/mol. The molecule has 0 saturated heterocycles. The molecule has 0 spiro atoms. The Morgan fingerprint density at radius 2 is 2.14 bits per heavy atom. The predicted octanol–water partition coefficient (Wildman–Crippen LogP) is 3.71. The third-order valence-corrected chi connectivity index (χ3v) is 4.23. The molecule has 0 aliphatic heterocycles. The van der Waals surface area contributed by atoms with Crippen LogP contribution in [0.25, 0.3) is 11.0 Å². The van der Waals surface area contributed by atoms with Crippen molar-refractivity contribution in [1.29, 1.82) is 0 Å². The summed E-state index contributed by atoms with van der Waals surface area (Å²) in [5.74, 6) is 1.34. The van der Waals surface area contributed by atoms with Gasteiger partial charge >= 0.3 is 0 Å².